The second-order valence-corrected chi connectivity index (χ2v) is 19.1. The average molecular weight is 1020 g/mol. The molecule has 380 valence electrons. The second kappa shape index (κ2) is 27.0. The van der Waals surface area contributed by atoms with E-state index in [9.17, 15) is 48.3 Å². The molecule has 1 fully saturated rings. The van der Waals surface area contributed by atoms with Gasteiger partial charge in [0.2, 0.25) is 47.3 Å². The lowest BCUT2D eigenvalue weighted by atomic mass is 10.0. The Morgan fingerprint density at radius 3 is 1.92 bits per heavy atom. The molecule has 7 atom stereocenters. The number of rotatable bonds is 15. The first-order valence-electron chi connectivity index (χ1n) is 22.4. The fourth-order valence-electron chi connectivity index (χ4n) is 7.41. The first kappa shape index (κ1) is 54.3. The Morgan fingerprint density at radius 2 is 1.28 bits per heavy atom. The molecule has 0 aliphatic carbocycles. The van der Waals surface area contributed by atoms with Crippen molar-refractivity contribution in [3.8, 4) is 0 Å². The van der Waals surface area contributed by atoms with Gasteiger partial charge >= 0.3 is 5.97 Å². The van der Waals surface area contributed by atoms with E-state index in [0.29, 0.717) is 16.8 Å². The molecule has 2 aromatic carbocycles. The molecule has 0 unspecified atom stereocenters. The Morgan fingerprint density at radius 1 is 0.704 bits per heavy atom. The summed E-state index contributed by atoms with van der Waals surface area (Å²) in [4.78, 5) is 137. The van der Waals surface area contributed by atoms with Gasteiger partial charge in [-0.2, -0.15) is 0 Å². The number of benzene rings is 2. The van der Waals surface area contributed by atoms with Crippen LogP contribution in [0.15, 0.2) is 78.3 Å². The number of hydrogen-bond donors (Lipinski definition) is 13. The highest BCUT2D eigenvalue weighted by Gasteiger charge is 2.35. The zero-order valence-corrected chi connectivity index (χ0v) is 40.2. The van der Waals surface area contributed by atoms with Crippen LogP contribution in [-0.4, -0.2) is 140 Å². The summed E-state index contributed by atoms with van der Waals surface area (Å²) in [5.74, 6) is -8.55. The fraction of sp³-hybridized carbons (Fsp3) is 0.400. The minimum absolute atomic E-state index is 0.0514. The number of H-pyrrole nitrogens is 2. The number of aliphatic imine (C=N–C) groups is 1. The Labute approximate surface area is 415 Å². The average Bonchev–Trinajstić information content (AvgIpc) is 4.00. The van der Waals surface area contributed by atoms with E-state index in [1.165, 1.54) is 12.5 Å². The zero-order chi connectivity index (χ0) is 51.5. The first-order chi connectivity index (χ1) is 34.0. The van der Waals surface area contributed by atoms with Gasteiger partial charge in [0.05, 0.1) is 6.33 Å². The van der Waals surface area contributed by atoms with Crippen LogP contribution in [0.4, 0.5) is 0 Å². The van der Waals surface area contributed by atoms with E-state index in [2.05, 4.69) is 57.2 Å². The van der Waals surface area contributed by atoms with Gasteiger partial charge in [-0.1, -0.05) is 70.1 Å². The molecule has 3 heterocycles. The Hall–Kier alpha value is -7.61. The lowest BCUT2D eigenvalue weighted by Gasteiger charge is -2.28. The van der Waals surface area contributed by atoms with E-state index in [-0.39, 0.29) is 56.1 Å². The molecule has 8 amide bonds. The van der Waals surface area contributed by atoms with Crippen LogP contribution in [-0.2, 0) is 62.4 Å². The van der Waals surface area contributed by atoms with Gasteiger partial charge in [-0.25, -0.2) is 4.98 Å². The fourth-order valence-corrected chi connectivity index (χ4v) is 9.75. The highest BCUT2D eigenvalue weighted by molar-refractivity contribution is 8.76. The van der Waals surface area contributed by atoms with Crippen LogP contribution in [0.3, 0.4) is 0 Å². The van der Waals surface area contributed by atoms with E-state index in [0.717, 1.165) is 39.4 Å². The summed E-state index contributed by atoms with van der Waals surface area (Å²) in [5.41, 5.74) is 19.2. The van der Waals surface area contributed by atoms with Gasteiger partial charge in [-0.15, -0.1) is 0 Å². The number of nitrogens with one attached hydrogen (secondary N) is 9. The highest BCUT2D eigenvalue weighted by Crippen LogP contribution is 2.24. The number of amides is 8. The summed E-state index contributed by atoms with van der Waals surface area (Å²) in [6.45, 7) is 1.21. The molecule has 71 heavy (non-hydrogen) atoms. The zero-order valence-electron chi connectivity index (χ0n) is 38.6. The summed E-state index contributed by atoms with van der Waals surface area (Å²) < 4.78 is 0. The van der Waals surface area contributed by atoms with Crippen LogP contribution in [0.2, 0.25) is 0 Å². The summed E-state index contributed by atoms with van der Waals surface area (Å²) >= 11 is 0. The second-order valence-electron chi connectivity index (χ2n) is 16.5. The topological polar surface area (TPSA) is 393 Å². The van der Waals surface area contributed by atoms with E-state index in [1.807, 2.05) is 18.2 Å². The SMILES string of the molecule is CC(=O)N[C@@H]1CSSC[C@H](C(N)=O)NC(=O)[C@@H](Cc2c[nH]c3ccccc23)NC(=O)[C@H](CCCN=C(N)N)NC(=O)[C@@H](Cc2ccccc2)NC(=O)[C@H](Cc2cnc[nH]2)NC(=O)[C@@H](CCC(=O)O)NC1=O. The molecule has 1 aliphatic heterocycles. The van der Waals surface area contributed by atoms with Crippen molar-refractivity contribution in [2.24, 2.45) is 22.2 Å². The van der Waals surface area contributed by atoms with Crippen molar-refractivity contribution in [2.75, 3.05) is 18.1 Å². The lowest BCUT2D eigenvalue weighted by Crippen LogP contribution is -2.61. The predicted molar refractivity (Wildman–Crippen MR) is 265 cm³/mol. The van der Waals surface area contributed by atoms with Crippen molar-refractivity contribution in [3.05, 3.63) is 90.1 Å². The monoisotopic (exact) mass is 1020 g/mol. The van der Waals surface area contributed by atoms with Crippen LogP contribution in [0, 0.1) is 0 Å². The van der Waals surface area contributed by atoms with Crippen molar-refractivity contribution in [1.82, 2.24) is 52.2 Å². The van der Waals surface area contributed by atoms with Crippen molar-refractivity contribution < 1.29 is 48.3 Å². The molecule has 0 saturated carbocycles. The number of aromatic amines is 2. The third kappa shape index (κ3) is 17.4. The Kier molecular flexibility index (Phi) is 20.6. The van der Waals surface area contributed by atoms with Crippen molar-refractivity contribution >= 4 is 91.7 Å². The largest absolute Gasteiger partial charge is 0.481 e. The molecular formula is C45H58N14O10S2. The van der Waals surface area contributed by atoms with Crippen LogP contribution < -0.4 is 54.4 Å². The number of imidazole rings is 1. The lowest BCUT2D eigenvalue weighted by molar-refractivity contribution is -0.138. The number of fused-ring (bicyclic) bond motifs is 1. The number of aliphatic carboxylic acids is 1. The molecule has 5 rings (SSSR count). The number of primary amides is 1. The molecule has 1 saturated heterocycles. The van der Waals surface area contributed by atoms with Gasteiger partial charge in [0.1, 0.15) is 42.3 Å². The number of carboxylic acid groups (broad SMARTS) is 1. The minimum Gasteiger partial charge on any atom is -0.481 e. The van der Waals surface area contributed by atoms with E-state index < -0.39 is 108 Å². The summed E-state index contributed by atoms with van der Waals surface area (Å²) in [6.07, 6.45) is 3.04. The molecule has 0 radical (unpaired) electrons. The number of para-hydroxylation sites is 1. The quantitative estimate of drug-likeness (QED) is 0.0269. The molecule has 0 bridgehead atoms. The number of nitrogens with zero attached hydrogens (tertiary/aromatic N) is 2. The normalized spacial score (nSPS) is 22.4. The standard InChI is InChI=1S/C45H58N14O10S2/c1-24(60)53-36-22-71-70-21-35(38(46)63)59-42(67)33(17-26-19-51-29-11-6-5-10-28(26)29)57-39(64)30(12-7-15-50-45(47)48)54-41(66)32(16-25-8-3-2-4-9-25)56-43(68)34(18-27-20-49-23-52-27)58-40(65)31(55-44(36)69)13-14-37(61)62/h2-6,8-11,19-20,23,30-36,51H,7,12-18,21-22H2,1H3,(H2,46,63)(H,49,52)(H,53,60)(H,54,66)(H,55,69)(H,56,68)(H,57,64)(H,58,65)(H,59,67)(H,61,62)(H4,47,48,50)/t30-,31+,32+,33+,34-,35+,36+/m0/s1. The van der Waals surface area contributed by atoms with Crippen molar-refractivity contribution in [2.45, 2.75) is 94.2 Å². The highest BCUT2D eigenvalue weighted by atomic mass is 33.1. The molecule has 1 aliphatic rings. The number of guanidine groups is 1. The number of nitrogens with two attached hydrogens (primary N) is 3. The maximum Gasteiger partial charge on any atom is 0.303 e. The van der Waals surface area contributed by atoms with Crippen LogP contribution in [0.25, 0.3) is 10.9 Å². The summed E-state index contributed by atoms with van der Waals surface area (Å²) in [7, 11) is 2.03. The number of carbonyl (C=O) groups excluding carboxylic acids is 8. The van der Waals surface area contributed by atoms with Crippen LogP contribution >= 0.6 is 21.6 Å². The summed E-state index contributed by atoms with van der Waals surface area (Å²) in [5, 5.41) is 28.8. The molecule has 24 nitrogen and oxygen atoms in total. The van der Waals surface area contributed by atoms with Gasteiger partial charge in [-0.05, 0) is 36.5 Å². The van der Waals surface area contributed by atoms with Gasteiger partial charge in [0.15, 0.2) is 5.96 Å². The van der Waals surface area contributed by atoms with Gasteiger partial charge in [0.25, 0.3) is 0 Å². The van der Waals surface area contributed by atoms with Crippen LogP contribution in [0.5, 0.6) is 0 Å². The molecule has 26 heteroatoms. The van der Waals surface area contributed by atoms with E-state index in [4.69, 9.17) is 17.2 Å². The third-order valence-corrected chi connectivity index (χ3v) is 13.4. The number of hydrogen-bond acceptors (Lipinski definition) is 13. The van der Waals surface area contributed by atoms with Gasteiger partial charge in [-0.3, -0.25) is 48.1 Å². The first-order valence-corrected chi connectivity index (χ1v) is 24.9. The summed E-state index contributed by atoms with van der Waals surface area (Å²) in [6, 6.07) is 6.05. The van der Waals surface area contributed by atoms with Gasteiger partial charge in [0, 0.05) is 79.6 Å². The molecule has 0 spiro atoms. The molecule has 4 aromatic rings. The molecule has 16 N–H and O–H groups in total. The van der Waals surface area contributed by atoms with Crippen molar-refractivity contribution in [3.63, 3.8) is 0 Å². The Bertz CT molecular complexity index is 2540. The molecule has 2 aromatic heterocycles. The number of carboxylic acids is 1. The number of aromatic nitrogens is 3. The predicted octanol–water partition coefficient (Wildman–Crippen LogP) is -1.87. The Balaban J connectivity index is 1.58. The smallest absolute Gasteiger partial charge is 0.303 e. The maximum atomic E-state index is 14.6. The van der Waals surface area contributed by atoms with E-state index >= 15 is 0 Å². The van der Waals surface area contributed by atoms with Gasteiger partial charge < -0.3 is 69.5 Å². The van der Waals surface area contributed by atoms with Crippen molar-refractivity contribution in [1.29, 1.82) is 0 Å². The molecular weight excluding hydrogens is 961 g/mol. The minimum atomic E-state index is -1.56. The van der Waals surface area contributed by atoms with Crippen LogP contribution in [0.1, 0.15) is 49.4 Å². The third-order valence-electron chi connectivity index (χ3n) is 11.0. The van der Waals surface area contributed by atoms with E-state index in [1.54, 1.807) is 42.6 Å². The maximum absolute atomic E-state index is 14.6. The number of carbonyl (C=O) groups is 9.